The second-order valence-electron chi connectivity index (χ2n) is 4.38. The van der Waals surface area contributed by atoms with Crippen LogP contribution in [-0.2, 0) is 6.54 Å². The quantitative estimate of drug-likeness (QED) is 0.646. The number of nitrogens with one attached hydrogen (secondary N) is 1. The monoisotopic (exact) mass is 287 g/mol. The first-order valence-corrected chi connectivity index (χ1v) is 6.15. The number of nitro groups is 1. The summed E-state index contributed by atoms with van der Waals surface area (Å²) in [6.07, 6.45) is 1.48. The smallest absolute Gasteiger partial charge is 0.339 e. The molecule has 2 aromatic rings. The van der Waals surface area contributed by atoms with Gasteiger partial charge in [-0.05, 0) is 24.6 Å². The lowest BCUT2D eigenvalue weighted by molar-refractivity contribution is -0.385. The number of carboxylic acids is 1. The van der Waals surface area contributed by atoms with E-state index in [-0.39, 0.29) is 23.6 Å². The van der Waals surface area contributed by atoms with Crippen molar-refractivity contribution in [1.29, 1.82) is 0 Å². The minimum Gasteiger partial charge on any atom is -0.478 e. The third kappa shape index (κ3) is 3.14. The van der Waals surface area contributed by atoms with Gasteiger partial charge in [-0.25, -0.2) is 9.78 Å². The topological polar surface area (TPSA) is 105 Å². The van der Waals surface area contributed by atoms with E-state index < -0.39 is 10.9 Å². The van der Waals surface area contributed by atoms with Crippen LogP contribution < -0.4 is 5.32 Å². The molecule has 0 unspecified atom stereocenters. The summed E-state index contributed by atoms with van der Waals surface area (Å²) in [4.78, 5) is 25.5. The molecule has 2 rings (SSSR count). The lowest BCUT2D eigenvalue weighted by Crippen LogP contribution is -2.09. The number of hydrogen-bond acceptors (Lipinski definition) is 5. The number of carbonyl (C=O) groups is 1. The third-order valence-electron chi connectivity index (χ3n) is 3.10. The van der Waals surface area contributed by atoms with Gasteiger partial charge in [0.15, 0.2) is 0 Å². The van der Waals surface area contributed by atoms with Crippen LogP contribution in [0, 0.1) is 17.0 Å². The number of pyridine rings is 1. The van der Waals surface area contributed by atoms with Gasteiger partial charge in [-0.15, -0.1) is 0 Å². The Balaban J connectivity index is 2.23. The maximum atomic E-state index is 11.1. The minimum atomic E-state index is -1.08. The van der Waals surface area contributed by atoms with Crippen molar-refractivity contribution in [3.8, 4) is 0 Å². The molecule has 0 bridgehead atoms. The summed E-state index contributed by atoms with van der Waals surface area (Å²) in [7, 11) is 0. The summed E-state index contributed by atoms with van der Waals surface area (Å²) >= 11 is 0. The number of carboxylic acid groups (broad SMARTS) is 1. The molecular weight excluding hydrogens is 274 g/mol. The van der Waals surface area contributed by atoms with Crippen molar-refractivity contribution in [3.05, 3.63) is 63.3 Å². The van der Waals surface area contributed by atoms with Gasteiger partial charge in [0.05, 0.1) is 4.92 Å². The largest absolute Gasteiger partial charge is 0.478 e. The molecule has 7 heteroatoms. The molecule has 0 atom stereocenters. The highest BCUT2D eigenvalue weighted by atomic mass is 16.6. The second-order valence-corrected chi connectivity index (χ2v) is 4.38. The fourth-order valence-electron chi connectivity index (χ4n) is 1.96. The second kappa shape index (κ2) is 6.00. The van der Waals surface area contributed by atoms with E-state index in [9.17, 15) is 14.9 Å². The van der Waals surface area contributed by atoms with Gasteiger partial charge >= 0.3 is 5.97 Å². The molecule has 21 heavy (non-hydrogen) atoms. The van der Waals surface area contributed by atoms with Crippen LogP contribution in [0.4, 0.5) is 11.5 Å². The molecule has 0 aliphatic carbocycles. The fraction of sp³-hybridized carbons (Fsp3) is 0.143. The van der Waals surface area contributed by atoms with Gasteiger partial charge in [0.1, 0.15) is 11.4 Å². The molecule has 0 fully saturated rings. The summed E-state index contributed by atoms with van der Waals surface area (Å²) in [5.74, 6) is -0.850. The van der Waals surface area contributed by atoms with E-state index in [1.165, 1.54) is 24.4 Å². The van der Waals surface area contributed by atoms with Gasteiger partial charge in [0, 0.05) is 24.4 Å². The van der Waals surface area contributed by atoms with Crippen LogP contribution in [0.15, 0.2) is 36.5 Å². The lowest BCUT2D eigenvalue weighted by Gasteiger charge is -2.10. The normalized spacial score (nSPS) is 10.1. The summed E-state index contributed by atoms with van der Waals surface area (Å²) in [6.45, 7) is 1.91. The van der Waals surface area contributed by atoms with Crippen molar-refractivity contribution < 1.29 is 14.8 Å². The summed E-state index contributed by atoms with van der Waals surface area (Å²) < 4.78 is 0. The summed E-state index contributed by atoms with van der Waals surface area (Å²) in [6, 6.07) is 7.75. The molecule has 0 saturated heterocycles. The fourth-order valence-corrected chi connectivity index (χ4v) is 1.96. The van der Waals surface area contributed by atoms with Crippen molar-refractivity contribution in [2.45, 2.75) is 13.5 Å². The van der Waals surface area contributed by atoms with Crippen molar-refractivity contribution in [1.82, 2.24) is 4.98 Å². The first-order valence-electron chi connectivity index (χ1n) is 6.15. The average molecular weight is 287 g/mol. The highest BCUT2D eigenvalue weighted by Crippen LogP contribution is 2.22. The predicted octanol–water partition coefficient (Wildman–Crippen LogP) is 2.61. The van der Waals surface area contributed by atoms with Crippen LogP contribution in [0.3, 0.4) is 0 Å². The number of anilines is 1. The van der Waals surface area contributed by atoms with Gasteiger partial charge in [-0.2, -0.15) is 0 Å². The van der Waals surface area contributed by atoms with Gasteiger partial charge in [-0.3, -0.25) is 10.1 Å². The number of nitrogens with zero attached hydrogens (tertiary/aromatic N) is 2. The average Bonchev–Trinajstić information content (AvgIpc) is 2.46. The minimum absolute atomic E-state index is 0.0359. The van der Waals surface area contributed by atoms with Crippen molar-refractivity contribution in [2.24, 2.45) is 0 Å². The molecule has 0 saturated carbocycles. The van der Waals surface area contributed by atoms with Crippen molar-refractivity contribution >= 4 is 17.5 Å². The maximum absolute atomic E-state index is 11.1. The Kier molecular flexibility index (Phi) is 4.13. The van der Waals surface area contributed by atoms with Crippen LogP contribution in [0.25, 0.3) is 0 Å². The van der Waals surface area contributed by atoms with Crippen LogP contribution >= 0.6 is 0 Å². The van der Waals surface area contributed by atoms with Crippen LogP contribution in [0.2, 0.25) is 0 Å². The van der Waals surface area contributed by atoms with E-state index in [2.05, 4.69) is 10.3 Å². The molecule has 0 aliphatic heterocycles. The van der Waals surface area contributed by atoms with Crippen molar-refractivity contribution in [3.63, 3.8) is 0 Å². The third-order valence-corrected chi connectivity index (χ3v) is 3.10. The number of aromatic carboxylic acids is 1. The van der Waals surface area contributed by atoms with E-state index in [1.807, 2.05) is 0 Å². The zero-order chi connectivity index (χ0) is 15.4. The highest BCUT2D eigenvalue weighted by Gasteiger charge is 2.14. The zero-order valence-corrected chi connectivity index (χ0v) is 11.2. The number of aromatic nitrogens is 1. The summed E-state index contributed by atoms with van der Waals surface area (Å²) in [5, 5.41) is 22.9. The van der Waals surface area contributed by atoms with Gasteiger partial charge in [0.2, 0.25) is 0 Å². The molecule has 7 nitrogen and oxygen atoms in total. The molecule has 1 aromatic heterocycles. The van der Waals surface area contributed by atoms with Crippen LogP contribution in [0.1, 0.15) is 21.5 Å². The molecule has 0 aliphatic rings. The van der Waals surface area contributed by atoms with Crippen LogP contribution in [0.5, 0.6) is 0 Å². The SMILES string of the molecule is Cc1c(CNc2ncccc2C(=O)O)cccc1[N+](=O)[O-]. The molecule has 0 spiro atoms. The van der Waals surface area contributed by atoms with E-state index >= 15 is 0 Å². The first-order chi connectivity index (χ1) is 10.0. The standard InChI is InChI=1S/C14H13N3O4/c1-9-10(4-2-6-12(9)17(20)21)8-16-13-11(14(18)19)5-3-7-15-13/h2-7H,8H2,1H3,(H,15,16)(H,18,19). The van der Waals surface area contributed by atoms with Crippen LogP contribution in [-0.4, -0.2) is 21.0 Å². The lowest BCUT2D eigenvalue weighted by atomic mass is 10.1. The van der Waals surface area contributed by atoms with E-state index in [0.717, 1.165) is 0 Å². The molecule has 0 amide bonds. The molecule has 0 radical (unpaired) electrons. The Hall–Kier alpha value is -2.96. The number of nitro benzene ring substituents is 1. The van der Waals surface area contributed by atoms with Crippen molar-refractivity contribution in [2.75, 3.05) is 5.32 Å². The number of hydrogen-bond donors (Lipinski definition) is 2. The number of benzene rings is 1. The Morgan fingerprint density at radius 3 is 2.81 bits per heavy atom. The Morgan fingerprint density at radius 2 is 2.14 bits per heavy atom. The maximum Gasteiger partial charge on any atom is 0.339 e. The highest BCUT2D eigenvalue weighted by molar-refractivity contribution is 5.92. The molecule has 1 heterocycles. The predicted molar refractivity (Wildman–Crippen MR) is 76.4 cm³/mol. The van der Waals surface area contributed by atoms with Gasteiger partial charge < -0.3 is 10.4 Å². The number of rotatable bonds is 5. The molecule has 2 N–H and O–H groups in total. The Labute approximate surface area is 120 Å². The molecule has 1 aromatic carbocycles. The molecule has 108 valence electrons. The van der Waals surface area contributed by atoms with Gasteiger partial charge in [-0.1, -0.05) is 12.1 Å². The molecular formula is C14H13N3O4. The Bertz CT molecular complexity index is 700. The first kappa shape index (κ1) is 14.4. The van der Waals surface area contributed by atoms with E-state index in [1.54, 1.807) is 19.1 Å². The summed E-state index contributed by atoms with van der Waals surface area (Å²) in [5.41, 5.74) is 1.35. The zero-order valence-electron chi connectivity index (χ0n) is 11.2. The van der Waals surface area contributed by atoms with E-state index in [4.69, 9.17) is 5.11 Å². The van der Waals surface area contributed by atoms with E-state index in [0.29, 0.717) is 11.1 Å². The Morgan fingerprint density at radius 1 is 1.38 bits per heavy atom. The van der Waals surface area contributed by atoms with Gasteiger partial charge in [0.25, 0.3) is 5.69 Å².